The molecule has 0 saturated heterocycles. The van der Waals surface area contributed by atoms with Crippen LogP contribution in [-0.4, -0.2) is 36.0 Å². The van der Waals surface area contributed by atoms with Crippen LogP contribution in [0.3, 0.4) is 0 Å². The number of nitrogens with one attached hydrogen (secondary N) is 1. The number of nitrogens with zero attached hydrogens (tertiary/aromatic N) is 2. The smallest absolute Gasteiger partial charge is 0.410 e. The van der Waals surface area contributed by atoms with E-state index in [9.17, 15) is 9.59 Å². The van der Waals surface area contributed by atoms with Gasteiger partial charge in [-0.05, 0) is 42.2 Å². The first-order valence-corrected chi connectivity index (χ1v) is 10.5. The van der Waals surface area contributed by atoms with Crippen molar-refractivity contribution >= 4 is 28.5 Å². The van der Waals surface area contributed by atoms with Crippen molar-refractivity contribution in [3.05, 3.63) is 76.8 Å². The molecule has 3 aromatic rings. The van der Waals surface area contributed by atoms with Crippen LogP contribution in [0.1, 0.15) is 29.5 Å². The number of ether oxygens (including phenoxy) is 1. The third-order valence-electron chi connectivity index (χ3n) is 5.52. The van der Waals surface area contributed by atoms with E-state index in [-0.39, 0.29) is 11.8 Å². The fraction of sp³-hybridized carbons (Fsp3) is 0.261. The van der Waals surface area contributed by atoms with Gasteiger partial charge in [0.15, 0.2) is 5.13 Å². The van der Waals surface area contributed by atoms with Gasteiger partial charge in [0.2, 0.25) is 5.91 Å². The van der Waals surface area contributed by atoms with Crippen molar-refractivity contribution < 1.29 is 14.3 Å². The quantitative estimate of drug-likeness (QED) is 0.672. The van der Waals surface area contributed by atoms with Crippen molar-refractivity contribution in [3.63, 3.8) is 0 Å². The van der Waals surface area contributed by atoms with Crippen molar-refractivity contribution in [1.29, 1.82) is 0 Å². The van der Waals surface area contributed by atoms with E-state index in [4.69, 9.17) is 4.74 Å². The van der Waals surface area contributed by atoms with Crippen LogP contribution < -0.4 is 10.1 Å². The maximum absolute atomic E-state index is 13.4. The Balaban J connectivity index is 1.67. The molecule has 0 fully saturated rings. The Hall–Kier alpha value is -3.19. The highest BCUT2D eigenvalue weighted by molar-refractivity contribution is 7.13. The van der Waals surface area contributed by atoms with Crippen molar-refractivity contribution in [1.82, 2.24) is 9.88 Å². The summed E-state index contributed by atoms with van der Waals surface area (Å²) in [5.74, 6) is 0.298. The van der Waals surface area contributed by atoms with E-state index in [1.807, 2.05) is 36.6 Å². The first-order chi connectivity index (χ1) is 14.4. The molecule has 30 heavy (non-hydrogen) atoms. The molecule has 2 amide bonds. The molecule has 0 saturated carbocycles. The first kappa shape index (κ1) is 20.1. The van der Waals surface area contributed by atoms with Gasteiger partial charge < -0.3 is 15.0 Å². The predicted octanol–water partition coefficient (Wildman–Crippen LogP) is 4.54. The summed E-state index contributed by atoms with van der Waals surface area (Å²) in [6.45, 7) is 2.00. The number of thiazole rings is 1. The normalized spacial score (nSPS) is 19.8. The lowest BCUT2D eigenvalue weighted by molar-refractivity contribution is -0.125. The summed E-state index contributed by atoms with van der Waals surface area (Å²) in [6, 6.07) is 15.6. The van der Waals surface area contributed by atoms with Crippen LogP contribution in [-0.2, 0) is 11.2 Å². The van der Waals surface area contributed by atoms with Gasteiger partial charge in [0.25, 0.3) is 0 Å². The molecule has 2 aromatic carbocycles. The number of rotatable bonds is 4. The zero-order chi connectivity index (χ0) is 21.3. The van der Waals surface area contributed by atoms with Crippen molar-refractivity contribution in [3.8, 4) is 5.75 Å². The Bertz CT molecular complexity index is 1060. The van der Waals surface area contributed by atoms with Crippen LogP contribution in [0.25, 0.3) is 0 Å². The molecule has 0 aliphatic heterocycles. The predicted molar refractivity (Wildman–Crippen MR) is 117 cm³/mol. The molecule has 7 heteroatoms. The molecule has 1 aromatic heterocycles. The molecule has 0 radical (unpaired) electrons. The average Bonchev–Trinajstić information content (AvgIpc) is 3.34. The molecular formula is C23H23N3O3S. The van der Waals surface area contributed by atoms with E-state index in [0.29, 0.717) is 17.3 Å². The third kappa shape index (κ3) is 3.68. The molecule has 0 bridgehead atoms. The average molecular weight is 422 g/mol. The molecule has 1 aliphatic rings. The largest absolute Gasteiger partial charge is 0.414 e. The number of fused-ring (bicyclic) bond motifs is 1. The van der Waals surface area contributed by atoms with Crippen molar-refractivity contribution in [2.75, 3.05) is 19.4 Å². The fourth-order valence-corrected chi connectivity index (χ4v) is 4.55. The number of hydrogen-bond donors (Lipinski definition) is 1. The second kappa shape index (κ2) is 7.91. The molecule has 4 rings (SSSR count). The Kier molecular flexibility index (Phi) is 5.30. The minimum absolute atomic E-state index is 0.0539. The summed E-state index contributed by atoms with van der Waals surface area (Å²) in [6.07, 6.45) is 1.89. The second-order valence-corrected chi connectivity index (χ2v) is 8.74. The van der Waals surface area contributed by atoms with E-state index in [2.05, 4.69) is 22.4 Å². The molecule has 6 nitrogen and oxygen atoms in total. The highest BCUT2D eigenvalue weighted by Crippen LogP contribution is 2.51. The monoisotopic (exact) mass is 421 g/mol. The number of hydrogen-bond acceptors (Lipinski definition) is 5. The van der Waals surface area contributed by atoms with Gasteiger partial charge in [-0.25, -0.2) is 9.78 Å². The third-order valence-corrected chi connectivity index (χ3v) is 6.20. The minimum atomic E-state index is -0.669. The summed E-state index contributed by atoms with van der Waals surface area (Å²) in [7, 11) is 3.28. The van der Waals surface area contributed by atoms with Crippen LogP contribution in [0.4, 0.5) is 9.93 Å². The molecule has 154 valence electrons. The minimum Gasteiger partial charge on any atom is -0.410 e. The number of carbonyl (C=O) groups is 2. The van der Waals surface area contributed by atoms with Crippen molar-refractivity contribution in [2.45, 2.75) is 19.3 Å². The van der Waals surface area contributed by atoms with Gasteiger partial charge in [-0.15, -0.1) is 11.3 Å². The van der Waals surface area contributed by atoms with Gasteiger partial charge in [0.05, 0.1) is 5.41 Å². The van der Waals surface area contributed by atoms with Crippen LogP contribution in [0.2, 0.25) is 0 Å². The van der Waals surface area contributed by atoms with Crippen LogP contribution in [0, 0.1) is 5.41 Å². The van der Waals surface area contributed by atoms with E-state index in [1.165, 1.54) is 21.8 Å². The van der Waals surface area contributed by atoms with E-state index >= 15 is 0 Å². The first-order valence-electron chi connectivity index (χ1n) is 9.66. The number of anilines is 1. The van der Waals surface area contributed by atoms with Gasteiger partial charge in [-0.3, -0.25) is 4.79 Å². The molecular weight excluding hydrogens is 398 g/mol. The lowest BCUT2D eigenvalue weighted by atomic mass is 9.73. The summed E-state index contributed by atoms with van der Waals surface area (Å²) in [4.78, 5) is 30.7. The standard InChI is InChI=1S/C23H23N3O3S/c1-23(20(27)25-21-24-12-13-30-21)14-16-6-4-5-7-18(16)19(23)15-8-10-17(11-9-15)29-22(28)26(2)3/h4-13,19H,14H2,1-3H3,(H,24,25,27)/t19-,23?/m1/s1. The molecule has 0 spiro atoms. The topological polar surface area (TPSA) is 71.5 Å². The highest BCUT2D eigenvalue weighted by Gasteiger charge is 2.48. The Morgan fingerprint density at radius 3 is 2.57 bits per heavy atom. The van der Waals surface area contributed by atoms with Gasteiger partial charge in [0.1, 0.15) is 5.75 Å². The van der Waals surface area contributed by atoms with E-state index < -0.39 is 11.5 Å². The fourth-order valence-electron chi connectivity index (χ4n) is 4.02. The number of amides is 2. The van der Waals surface area contributed by atoms with Gasteiger partial charge in [0, 0.05) is 31.6 Å². The number of carbonyl (C=O) groups excluding carboxylic acids is 2. The lowest BCUT2D eigenvalue weighted by Crippen LogP contribution is -2.37. The molecule has 1 unspecified atom stereocenters. The highest BCUT2D eigenvalue weighted by atomic mass is 32.1. The molecule has 1 N–H and O–H groups in total. The van der Waals surface area contributed by atoms with Gasteiger partial charge >= 0.3 is 6.09 Å². The Morgan fingerprint density at radius 2 is 1.90 bits per heavy atom. The SMILES string of the molecule is CN(C)C(=O)Oc1ccc([C@@H]2c3ccccc3CC2(C)C(=O)Nc2nccs2)cc1. The van der Waals surface area contributed by atoms with E-state index in [0.717, 1.165) is 11.1 Å². The molecule has 1 heterocycles. The van der Waals surface area contributed by atoms with Crippen LogP contribution in [0.15, 0.2) is 60.1 Å². The summed E-state index contributed by atoms with van der Waals surface area (Å²) >= 11 is 1.40. The maximum atomic E-state index is 13.4. The molecule has 1 aliphatic carbocycles. The van der Waals surface area contributed by atoms with Gasteiger partial charge in [-0.1, -0.05) is 36.4 Å². The Labute approximate surface area is 179 Å². The zero-order valence-corrected chi connectivity index (χ0v) is 17.9. The van der Waals surface area contributed by atoms with E-state index in [1.54, 1.807) is 32.4 Å². The lowest BCUT2D eigenvalue weighted by Gasteiger charge is -2.31. The zero-order valence-electron chi connectivity index (χ0n) is 17.1. The summed E-state index contributed by atoms with van der Waals surface area (Å²) in [5, 5.41) is 5.42. The number of aromatic nitrogens is 1. The number of benzene rings is 2. The Morgan fingerprint density at radius 1 is 1.17 bits per heavy atom. The van der Waals surface area contributed by atoms with Gasteiger partial charge in [-0.2, -0.15) is 0 Å². The maximum Gasteiger partial charge on any atom is 0.414 e. The summed E-state index contributed by atoms with van der Waals surface area (Å²) < 4.78 is 5.33. The summed E-state index contributed by atoms with van der Waals surface area (Å²) in [5.41, 5.74) is 2.65. The molecule has 2 atom stereocenters. The second-order valence-electron chi connectivity index (χ2n) is 7.85. The van der Waals surface area contributed by atoms with Crippen LogP contribution >= 0.6 is 11.3 Å². The van der Waals surface area contributed by atoms with Crippen molar-refractivity contribution in [2.24, 2.45) is 5.41 Å². The van der Waals surface area contributed by atoms with Crippen LogP contribution in [0.5, 0.6) is 5.75 Å².